The van der Waals surface area contributed by atoms with Crippen LogP contribution in [0.4, 0.5) is 5.13 Å². The maximum Gasteiger partial charge on any atom is 0.230 e. The van der Waals surface area contributed by atoms with E-state index in [9.17, 15) is 4.79 Å². The van der Waals surface area contributed by atoms with Crippen LogP contribution in [-0.2, 0) is 24.3 Å². The summed E-state index contributed by atoms with van der Waals surface area (Å²) in [6.07, 6.45) is 0.246. The smallest absolute Gasteiger partial charge is 0.230 e. The van der Waals surface area contributed by atoms with Crippen LogP contribution in [0.5, 0.6) is 0 Å². The lowest BCUT2D eigenvalue weighted by atomic mass is 10.1. The molecule has 1 N–H and O–H groups in total. The molecule has 1 amide bonds. The largest absolute Gasteiger partial charge is 0.302 e. The molecule has 0 radical (unpaired) electrons. The van der Waals surface area contributed by atoms with E-state index in [4.69, 9.17) is 10.5 Å². The maximum absolute atomic E-state index is 12.4. The van der Waals surface area contributed by atoms with Gasteiger partial charge >= 0.3 is 0 Å². The zero-order chi connectivity index (χ0) is 21.1. The molecule has 1 atom stereocenters. The van der Waals surface area contributed by atoms with E-state index in [0.717, 1.165) is 29.9 Å². The number of thiazole rings is 1. The number of nitrogens with one attached hydrogen (secondary N) is 1. The van der Waals surface area contributed by atoms with Gasteiger partial charge in [-0.25, -0.2) is 4.98 Å². The Balaban J connectivity index is 1.36. The number of hydrogen-bond donors (Lipinski definition) is 1. The lowest BCUT2D eigenvalue weighted by Crippen LogP contribution is -2.20. The van der Waals surface area contributed by atoms with Gasteiger partial charge in [-0.15, -0.1) is 11.3 Å². The van der Waals surface area contributed by atoms with Crippen molar-refractivity contribution in [2.24, 2.45) is 0 Å². The van der Waals surface area contributed by atoms with E-state index in [1.54, 1.807) is 24.3 Å². The highest BCUT2D eigenvalue weighted by Crippen LogP contribution is 2.39. The van der Waals surface area contributed by atoms with E-state index in [-0.39, 0.29) is 18.4 Å². The van der Waals surface area contributed by atoms with Crippen molar-refractivity contribution in [1.82, 2.24) is 9.88 Å². The second-order valence-corrected chi connectivity index (χ2v) is 8.33. The number of benzene rings is 2. The fraction of sp³-hybridized carbons (Fsp3) is 0.217. The summed E-state index contributed by atoms with van der Waals surface area (Å²) in [5, 5.41) is 21.3. The average Bonchev–Trinajstić information content (AvgIpc) is 3.27. The molecule has 0 unspecified atom stereocenters. The highest BCUT2D eigenvalue weighted by Gasteiger charge is 2.31. The minimum absolute atomic E-state index is 0.116. The molecule has 2 heterocycles. The molecule has 148 valence electrons. The molecule has 3 aromatic rings. The van der Waals surface area contributed by atoms with Crippen LogP contribution in [0.3, 0.4) is 0 Å². The molecular formula is C23H19N5OS. The summed E-state index contributed by atoms with van der Waals surface area (Å²) in [7, 11) is 0. The Morgan fingerprint density at radius 1 is 1.10 bits per heavy atom. The summed E-state index contributed by atoms with van der Waals surface area (Å²) in [6, 6.07) is 19.0. The Hall–Kier alpha value is -3.52. The number of carbonyl (C=O) groups is 1. The Kier molecular flexibility index (Phi) is 5.58. The summed E-state index contributed by atoms with van der Waals surface area (Å²) in [5.41, 5.74) is 4.28. The van der Waals surface area contributed by atoms with Gasteiger partial charge in [0, 0.05) is 18.0 Å². The van der Waals surface area contributed by atoms with Crippen LogP contribution in [0, 0.1) is 22.7 Å². The molecule has 0 bridgehead atoms. The fourth-order valence-electron chi connectivity index (χ4n) is 3.51. The van der Waals surface area contributed by atoms with Crippen LogP contribution in [0.15, 0.2) is 48.5 Å². The van der Waals surface area contributed by atoms with Gasteiger partial charge in [-0.3, -0.25) is 9.69 Å². The number of amides is 1. The van der Waals surface area contributed by atoms with Gasteiger partial charge in [0.2, 0.25) is 5.91 Å². The lowest BCUT2D eigenvalue weighted by molar-refractivity contribution is -0.115. The van der Waals surface area contributed by atoms with Crippen molar-refractivity contribution in [3.63, 3.8) is 0 Å². The Bertz CT molecular complexity index is 1150. The summed E-state index contributed by atoms with van der Waals surface area (Å²) < 4.78 is 0. The van der Waals surface area contributed by atoms with Crippen LogP contribution in [0.25, 0.3) is 0 Å². The van der Waals surface area contributed by atoms with Crippen LogP contribution in [-0.4, -0.2) is 15.8 Å². The number of rotatable bonds is 5. The molecule has 0 fully saturated rings. The maximum atomic E-state index is 12.4. The Morgan fingerprint density at radius 3 is 2.27 bits per heavy atom. The Labute approximate surface area is 179 Å². The topological polar surface area (TPSA) is 92.8 Å². The fourth-order valence-corrected chi connectivity index (χ4v) is 4.60. The first-order chi connectivity index (χ1) is 14.6. The van der Waals surface area contributed by atoms with Crippen molar-refractivity contribution < 1.29 is 4.79 Å². The van der Waals surface area contributed by atoms with Gasteiger partial charge in [0.05, 0.1) is 41.4 Å². The van der Waals surface area contributed by atoms with Crippen molar-refractivity contribution in [3.05, 3.63) is 81.4 Å². The first-order valence-corrected chi connectivity index (χ1v) is 10.4. The third-order valence-electron chi connectivity index (χ3n) is 5.18. The number of hydrogen-bond acceptors (Lipinski definition) is 6. The van der Waals surface area contributed by atoms with Crippen molar-refractivity contribution in [2.75, 3.05) is 5.32 Å². The standard InChI is InChI=1S/C23H19N5OS/c1-15-22-20(14-28(15)13-19-8-6-18(12-25)7-9-19)30-23(27-22)26-21(29)10-16-2-4-17(11-24)5-3-16/h2-9,15H,10,13-14H2,1H3,(H,26,27,29)/t15-/m0/s1. The van der Waals surface area contributed by atoms with Gasteiger partial charge in [0.25, 0.3) is 0 Å². The van der Waals surface area contributed by atoms with Gasteiger partial charge < -0.3 is 5.32 Å². The number of nitrogens with zero attached hydrogens (tertiary/aromatic N) is 4. The Morgan fingerprint density at radius 2 is 1.70 bits per heavy atom. The first-order valence-electron chi connectivity index (χ1n) is 9.57. The van der Waals surface area contributed by atoms with E-state index < -0.39 is 0 Å². The van der Waals surface area contributed by atoms with Crippen molar-refractivity contribution in [2.45, 2.75) is 32.5 Å². The minimum atomic E-state index is -0.116. The number of anilines is 1. The van der Waals surface area contributed by atoms with Gasteiger partial charge in [0.1, 0.15) is 0 Å². The van der Waals surface area contributed by atoms with E-state index in [2.05, 4.69) is 34.3 Å². The second kappa shape index (κ2) is 8.46. The molecule has 1 aromatic heterocycles. The quantitative estimate of drug-likeness (QED) is 0.678. The van der Waals surface area contributed by atoms with Crippen molar-refractivity contribution in [1.29, 1.82) is 10.5 Å². The molecule has 0 saturated carbocycles. The first kappa shape index (κ1) is 19.8. The number of fused-ring (bicyclic) bond motifs is 1. The van der Waals surface area contributed by atoms with Gasteiger partial charge in [-0.1, -0.05) is 24.3 Å². The highest BCUT2D eigenvalue weighted by atomic mass is 32.1. The zero-order valence-electron chi connectivity index (χ0n) is 16.4. The summed E-state index contributed by atoms with van der Waals surface area (Å²) in [6.45, 7) is 3.70. The van der Waals surface area contributed by atoms with Gasteiger partial charge in [0.15, 0.2) is 5.13 Å². The van der Waals surface area contributed by atoms with Crippen molar-refractivity contribution >= 4 is 22.4 Å². The summed E-state index contributed by atoms with van der Waals surface area (Å²) in [5.74, 6) is -0.116. The van der Waals surface area contributed by atoms with Crippen LogP contribution < -0.4 is 5.32 Å². The molecule has 0 spiro atoms. The zero-order valence-corrected chi connectivity index (χ0v) is 17.2. The molecule has 1 aliphatic heterocycles. The van der Waals surface area contributed by atoms with E-state index in [1.165, 1.54) is 16.2 Å². The van der Waals surface area contributed by atoms with E-state index in [1.807, 2.05) is 24.3 Å². The van der Waals surface area contributed by atoms with E-state index >= 15 is 0 Å². The summed E-state index contributed by atoms with van der Waals surface area (Å²) >= 11 is 1.52. The van der Waals surface area contributed by atoms with Gasteiger partial charge in [-0.05, 0) is 42.3 Å². The monoisotopic (exact) mass is 413 g/mol. The minimum Gasteiger partial charge on any atom is -0.302 e. The molecule has 4 rings (SSSR count). The van der Waals surface area contributed by atoms with Crippen LogP contribution in [0.1, 0.15) is 45.8 Å². The molecule has 6 nitrogen and oxygen atoms in total. The molecule has 1 aliphatic rings. The van der Waals surface area contributed by atoms with E-state index in [0.29, 0.717) is 16.3 Å². The average molecular weight is 414 g/mol. The number of carbonyl (C=O) groups excluding carboxylic acids is 1. The van der Waals surface area contributed by atoms with Gasteiger partial charge in [-0.2, -0.15) is 10.5 Å². The number of aromatic nitrogens is 1. The molecular weight excluding hydrogens is 394 g/mol. The molecule has 30 heavy (non-hydrogen) atoms. The van der Waals surface area contributed by atoms with Crippen LogP contribution in [0.2, 0.25) is 0 Å². The normalized spacial score (nSPS) is 15.2. The predicted octanol–water partition coefficient (Wildman–Crippen LogP) is 4.14. The molecule has 7 heteroatoms. The number of nitriles is 2. The van der Waals surface area contributed by atoms with Crippen LogP contribution >= 0.6 is 11.3 Å². The highest BCUT2D eigenvalue weighted by molar-refractivity contribution is 7.15. The molecule has 2 aromatic carbocycles. The SMILES string of the molecule is C[C@H]1c2nc(NC(=O)Cc3ccc(C#N)cc3)sc2CN1Cc1ccc(C#N)cc1. The second-order valence-electron chi connectivity index (χ2n) is 7.25. The summed E-state index contributed by atoms with van der Waals surface area (Å²) in [4.78, 5) is 20.5. The lowest BCUT2D eigenvalue weighted by Gasteiger charge is -2.21. The molecule has 0 aliphatic carbocycles. The van der Waals surface area contributed by atoms with Crippen molar-refractivity contribution in [3.8, 4) is 12.1 Å². The predicted molar refractivity (Wildman–Crippen MR) is 114 cm³/mol. The third kappa shape index (κ3) is 4.23. The third-order valence-corrected chi connectivity index (χ3v) is 6.15. The molecule has 0 saturated heterocycles.